The molecule has 1 aromatic carbocycles. The molecule has 1 amide bonds. The molecule has 120 valence electrons. The Balaban J connectivity index is 2.06. The van der Waals surface area contributed by atoms with E-state index < -0.39 is 6.10 Å². The van der Waals surface area contributed by atoms with E-state index in [1.54, 1.807) is 48.1 Å². The average Bonchev–Trinajstić information content (AvgIpc) is 3.02. The van der Waals surface area contributed by atoms with Crippen LogP contribution in [0.2, 0.25) is 0 Å². The number of ether oxygens (including phenoxy) is 1. The molecule has 1 heterocycles. The topological polar surface area (TPSA) is 79.9 Å². The SMILES string of the molecule is CCC(C)n1nccc1NC(=O)C(C)Oc1ccccc1C#N. The molecule has 0 aliphatic carbocycles. The van der Waals surface area contributed by atoms with Crippen LogP contribution in [0.3, 0.4) is 0 Å². The van der Waals surface area contributed by atoms with Crippen molar-refractivity contribution in [3.05, 3.63) is 42.1 Å². The summed E-state index contributed by atoms with van der Waals surface area (Å²) in [6.45, 7) is 5.74. The lowest BCUT2D eigenvalue weighted by Crippen LogP contribution is -2.31. The van der Waals surface area contributed by atoms with Crippen LogP contribution < -0.4 is 10.1 Å². The van der Waals surface area contributed by atoms with Crippen LogP contribution in [0.15, 0.2) is 36.5 Å². The van der Waals surface area contributed by atoms with Gasteiger partial charge in [-0.25, -0.2) is 4.68 Å². The molecule has 0 aliphatic heterocycles. The number of nitrogens with one attached hydrogen (secondary N) is 1. The number of rotatable bonds is 6. The summed E-state index contributed by atoms with van der Waals surface area (Å²) >= 11 is 0. The highest BCUT2D eigenvalue weighted by Gasteiger charge is 2.19. The summed E-state index contributed by atoms with van der Waals surface area (Å²) in [4.78, 5) is 12.3. The third-order valence-electron chi connectivity index (χ3n) is 3.61. The molecule has 6 heteroatoms. The number of carbonyl (C=O) groups is 1. The quantitative estimate of drug-likeness (QED) is 0.888. The number of benzene rings is 1. The summed E-state index contributed by atoms with van der Waals surface area (Å²) in [7, 11) is 0. The molecule has 23 heavy (non-hydrogen) atoms. The smallest absolute Gasteiger partial charge is 0.266 e. The lowest BCUT2D eigenvalue weighted by molar-refractivity contribution is -0.122. The summed E-state index contributed by atoms with van der Waals surface area (Å²) < 4.78 is 7.38. The van der Waals surface area contributed by atoms with Gasteiger partial charge in [0.2, 0.25) is 0 Å². The first-order chi connectivity index (χ1) is 11.1. The van der Waals surface area contributed by atoms with E-state index in [4.69, 9.17) is 10.00 Å². The molecule has 2 rings (SSSR count). The largest absolute Gasteiger partial charge is 0.480 e. The highest BCUT2D eigenvalue weighted by Crippen LogP contribution is 2.20. The minimum atomic E-state index is -0.732. The van der Waals surface area contributed by atoms with Gasteiger partial charge in [0.15, 0.2) is 6.10 Å². The first-order valence-corrected chi connectivity index (χ1v) is 7.57. The van der Waals surface area contributed by atoms with Gasteiger partial charge in [0.1, 0.15) is 17.6 Å². The second-order valence-electron chi connectivity index (χ2n) is 5.28. The summed E-state index contributed by atoms with van der Waals surface area (Å²) in [5.74, 6) is 0.740. The second-order valence-corrected chi connectivity index (χ2v) is 5.28. The molecule has 2 unspecified atom stereocenters. The van der Waals surface area contributed by atoms with Crippen molar-refractivity contribution in [1.82, 2.24) is 9.78 Å². The summed E-state index contributed by atoms with van der Waals surface area (Å²) in [6, 6.07) is 10.8. The van der Waals surface area contributed by atoms with Crippen molar-refractivity contribution in [1.29, 1.82) is 5.26 Å². The number of aromatic nitrogens is 2. The van der Waals surface area contributed by atoms with Crippen molar-refractivity contribution in [3.63, 3.8) is 0 Å². The van der Waals surface area contributed by atoms with Crippen molar-refractivity contribution in [2.45, 2.75) is 39.3 Å². The minimum Gasteiger partial charge on any atom is -0.480 e. The first-order valence-electron chi connectivity index (χ1n) is 7.57. The highest BCUT2D eigenvalue weighted by atomic mass is 16.5. The van der Waals surface area contributed by atoms with Gasteiger partial charge in [0.05, 0.1) is 17.8 Å². The van der Waals surface area contributed by atoms with E-state index in [1.165, 1.54) is 0 Å². The van der Waals surface area contributed by atoms with Crippen molar-refractivity contribution < 1.29 is 9.53 Å². The van der Waals surface area contributed by atoms with E-state index in [0.717, 1.165) is 6.42 Å². The maximum atomic E-state index is 12.3. The van der Waals surface area contributed by atoms with Crippen LogP contribution in [-0.4, -0.2) is 21.8 Å². The number of hydrogen-bond donors (Lipinski definition) is 1. The van der Waals surface area contributed by atoms with Crippen molar-refractivity contribution in [2.75, 3.05) is 5.32 Å². The number of nitriles is 1. The van der Waals surface area contributed by atoms with Gasteiger partial charge in [0, 0.05) is 6.07 Å². The Bertz CT molecular complexity index is 717. The maximum absolute atomic E-state index is 12.3. The van der Waals surface area contributed by atoms with Crippen LogP contribution >= 0.6 is 0 Å². The fourth-order valence-electron chi connectivity index (χ4n) is 2.07. The van der Waals surface area contributed by atoms with E-state index in [2.05, 4.69) is 17.3 Å². The molecule has 0 saturated carbocycles. The van der Waals surface area contributed by atoms with Crippen LogP contribution in [0, 0.1) is 11.3 Å². The molecule has 0 aliphatic rings. The molecule has 2 aromatic rings. The van der Waals surface area contributed by atoms with Crippen molar-refractivity contribution >= 4 is 11.7 Å². The zero-order valence-electron chi connectivity index (χ0n) is 13.5. The highest BCUT2D eigenvalue weighted by molar-refractivity contribution is 5.93. The van der Waals surface area contributed by atoms with Crippen molar-refractivity contribution in [2.24, 2.45) is 0 Å². The fraction of sp³-hybridized carbons (Fsp3) is 0.353. The van der Waals surface area contributed by atoms with Gasteiger partial charge in [-0.3, -0.25) is 4.79 Å². The molecule has 2 atom stereocenters. The Kier molecular flexibility index (Phi) is 5.36. The van der Waals surface area contributed by atoms with Crippen molar-refractivity contribution in [3.8, 4) is 11.8 Å². The van der Waals surface area contributed by atoms with E-state index >= 15 is 0 Å². The maximum Gasteiger partial charge on any atom is 0.266 e. The van der Waals surface area contributed by atoms with Gasteiger partial charge in [-0.1, -0.05) is 19.1 Å². The van der Waals surface area contributed by atoms with Crippen LogP contribution in [0.25, 0.3) is 0 Å². The monoisotopic (exact) mass is 312 g/mol. The van der Waals surface area contributed by atoms with Crippen LogP contribution in [0.5, 0.6) is 5.75 Å². The zero-order valence-corrected chi connectivity index (χ0v) is 13.5. The predicted molar refractivity (Wildman–Crippen MR) is 87.1 cm³/mol. The Labute approximate surface area is 135 Å². The molecule has 0 saturated heterocycles. The Morgan fingerprint density at radius 3 is 2.83 bits per heavy atom. The van der Waals surface area contributed by atoms with Crippen LogP contribution in [0.1, 0.15) is 38.8 Å². The second kappa shape index (κ2) is 7.45. The molecule has 1 N–H and O–H groups in total. The van der Waals surface area contributed by atoms with E-state index in [-0.39, 0.29) is 11.9 Å². The lowest BCUT2D eigenvalue weighted by atomic mass is 10.2. The number of carbonyl (C=O) groups excluding carboxylic acids is 1. The Morgan fingerprint density at radius 2 is 2.13 bits per heavy atom. The normalized spacial score (nSPS) is 13.0. The molecule has 0 bridgehead atoms. The van der Waals surface area contributed by atoms with E-state index in [9.17, 15) is 4.79 Å². The average molecular weight is 312 g/mol. The number of amides is 1. The van der Waals surface area contributed by atoms with Gasteiger partial charge in [0.25, 0.3) is 5.91 Å². The third-order valence-corrected chi connectivity index (χ3v) is 3.61. The molecule has 6 nitrogen and oxygen atoms in total. The number of hydrogen-bond acceptors (Lipinski definition) is 4. The van der Waals surface area contributed by atoms with E-state index in [1.807, 2.05) is 13.0 Å². The van der Waals surface area contributed by atoms with Gasteiger partial charge in [-0.2, -0.15) is 10.4 Å². The Hall–Kier alpha value is -2.81. The first kappa shape index (κ1) is 16.6. The molecule has 0 spiro atoms. The molecular weight excluding hydrogens is 292 g/mol. The van der Waals surface area contributed by atoms with Gasteiger partial charge >= 0.3 is 0 Å². The fourth-order valence-corrected chi connectivity index (χ4v) is 2.07. The number of anilines is 1. The van der Waals surface area contributed by atoms with Gasteiger partial charge < -0.3 is 10.1 Å². The summed E-state index contributed by atoms with van der Waals surface area (Å²) in [6.07, 6.45) is 1.83. The number of nitrogens with zero attached hydrogens (tertiary/aromatic N) is 3. The molecule has 0 radical (unpaired) electrons. The van der Waals surface area contributed by atoms with Gasteiger partial charge in [-0.15, -0.1) is 0 Å². The standard InChI is InChI=1S/C17H20N4O2/c1-4-12(2)21-16(9-10-19-21)20-17(22)13(3)23-15-8-6-5-7-14(15)11-18/h5-10,12-13H,4H2,1-3H3,(H,20,22). The van der Waals surface area contributed by atoms with Crippen LogP contribution in [0.4, 0.5) is 5.82 Å². The van der Waals surface area contributed by atoms with Gasteiger partial charge in [-0.05, 0) is 32.4 Å². The predicted octanol–water partition coefficient (Wildman–Crippen LogP) is 3.13. The Morgan fingerprint density at radius 1 is 1.39 bits per heavy atom. The number of para-hydroxylation sites is 1. The molecule has 0 fully saturated rings. The third kappa shape index (κ3) is 3.89. The molecular formula is C17H20N4O2. The molecule has 1 aromatic heterocycles. The summed E-state index contributed by atoms with van der Waals surface area (Å²) in [5.41, 5.74) is 0.400. The minimum absolute atomic E-state index is 0.191. The zero-order chi connectivity index (χ0) is 16.8. The lowest BCUT2D eigenvalue weighted by Gasteiger charge is -2.18. The summed E-state index contributed by atoms with van der Waals surface area (Å²) in [5, 5.41) is 16.1. The van der Waals surface area contributed by atoms with Crippen LogP contribution in [-0.2, 0) is 4.79 Å². The van der Waals surface area contributed by atoms with E-state index in [0.29, 0.717) is 17.1 Å².